The minimum absolute atomic E-state index is 0.0616. The van der Waals surface area contributed by atoms with Crippen LogP contribution < -0.4 is 0 Å². The molecular weight excluding hydrogens is 829 g/mol. The Labute approximate surface area is 418 Å². The molecule has 0 saturated carbocycles. The van der Waals surface area contributed by atoms with E-state index in [-0.39, 0.29) is 31.1 Å². The molecule has 2 atom stereocenters. The summed E-state index contributed by atoms with van der Waals surface area (Å²) in [6.45, 7) is 9.10. The minimum atomic E-state index is -0.761. The molecule has 0 aromatic rings. The standard InChI is InChI=1S/C61H118O6/c1-5-8-10-12-14-16-18-19-20-23-28-31-34-38-42-46-50-54-61(64)67-58(55-65-59(62)52-48-44-40-36-17-15-13-11-9-6-2)56-66-60(63)53-49-45-41-37-33-30-27-25-22-21-24-26-29-32-35-39-43-47-51-57(4)7-3/h57-58H,5-56H2,1-4H3/t57?,58-/m1/s1. The molecule has 0 bridgehead atoms. The molecule has 398 valence electrons. The highest BCUT2D eigenvalue weighted by molar-refractivity contribution is 5.71. The van der Waals surface area contributed by atoms with Gasteiger partial charge in [0.2, 0.25) is 0 Å². The second-order valence-corrected chi connectivity index (χ2v) is 21.2. The fourth-order valence-corrected chi connectivity index (χ4v) is 9.42. The van der Waals surface area contributed by atoms with E-state index < -0.39 is 6.10 Å². The summed E-state index contributed by atoms with van der Waals surface area (Å²) in [5.74, 6) is 0.0758. The predicted molar refractivity (Wildman–Crippen MR) is 289 cm³/mol. The summed E-state index contributed by atoms with van der Waals surface area (Å²) in [7, 11) is 0. The molecular formula is C61H118O6. The van der Waals surface area contributed by atoms with Gasteiger partial charge in [0.15, 0.2) is 6.10 Å². The second-order valence-electron chi connectivity index (χ2n) is 21.2. The Balaban J connectivity index is 4.19. The lowest BCUT2D eigenvalue weighted by Crippen LogP contribution is -2.30. The maximum absolute atomic E-state index is 12.9. The lowest BCUT2D eigenvalue weighted by atomic mass is 9.99. The molecule has 0 amide bonds. The molecule has 0 heterocycles. The third kappa shape index (κ3) is 53.6. The molecule has 6 nitrogen and oxygen atoms in total. The number of hydrogen-bond donors (Lipinski definition) is 0. The Morgan fingerprint density at radius 1 is 0.299 bits per heavy atom. The van der Waals surface area contributed by atoms with Gasteiger partial charge in [0, 0.05) is 19.3 Å². The number of carbonyl (C=O) groups is 3. The molecule has 0 aliphatic rings. The second kappa shape index (κ2) is 55.3. The molecule has 0 spiro atoms. The van der Waals surface area contributed by atoms with Crippen molar-refractivity contribution in [3.05, 3.63) is 0 Å². The monoisotopic (exact) mass is 947 g/mol. The third-order valence-corrected chi connectivity index (χ3v) is 14.4. The molecule has 1 unspecified atom stereocenters. The highest BCUT2D eigenvalue weighted by atomic mass is 16.6. The summed E-state index contributed by atoms with van der Waals surface area (Å²) in [5.41, 5.74) is 0. The quantitative estimate of drug-likeness (QED) is 0.0343. The lowest BCUT2D eigenvalue weighted by Gasteiger charge is -2.18. The van der Waals surface area contributed by atoms with Crippen molar-refractivity contribution in [2.45, 2.75) is 355 Å². The van der Waals surface area contributed by atoms with Gasteiger partial charge >= 0.3 is 17.9 Å². The van der Waals surface area contributed by atoms with E-state index in [4.69, 9.17) is 14.2 Å². The molecule has 0 radical (unpaired) electrons. The fourth-order valence-electron chi connectivity index (χ4n) is 9.42. The summed E-state index contributed by atoms with van der Waals surface area (Å²) in [4.78, 5) is 38.1. The Morgan fingerprint density at radius 3 is 0.776 bits per heavy atom. The number of unbranched alkanes of at least 4 members (excludes halogenated alkanes) is 42. The maximum atomic E-state index is 12.9. The first-order valence-electron chi connectivity index (χ1n) is 30.4. The molecule has 0 aromatic heterocycles. The van der Waals surface area contributed by atoms with Crippen LogP contribution in [0.4, 0.5) is 0 Å². The van der Waals surface area contributed by atoms with Gasteiger partial charge in [0.05, 0.1) is 0 Å². The highest BCUT2D eigenvalue weighted by Gasteiger charge is 2.19. The Bertz CT molecular complexity index is 1010. The van der Waals surface area contributed by atoms with Gasteiger partial charge in [-0.2, -0.15) is 0 Å². The zero-order chi connectivity index (χ0) is 48.8. The van der Waals surface area contributed by atoms with Crippen molar-refractivity contribution in [2.24, 2.45) is 5.92 Å². The molecule has 0 aliphatic carbocycles. The number of esters is 3. The normalized spacial score (nSPS) is 12.4. The van der Waals surface area contributed by atoms with Gasteiger partial charge < -0.3 is 14.2 Å². The Kier molecular flexibility index (Phi) is 54.0. The van der Waals surface area contributed by atoms with Crippen LogP contribution in [0.5, 0.6) is 0 Å². The van der Waals surface area contributed by atoms with Gasteiger partial charge in [-0.3, -0.25) is 14.4 Å². The van der Waals surface area contributed by atoms with Crippen molar-refractivity contribution < 1.29 is 28.6 Å². The van der Waals surface area contributed by atoms with Gasteiger partial charge in [-0.1, -0.05) is 310 Å². The van der Waals surface area contributed by atoms with Crippen LogP contribution in [0.2, 0.25) is 0 Å². The van der Waals surface area contributed by atoms with E-state index >= 15 is 0 Å². The van der Waals surface area contributed by atoms with Gasteiger partial charge in [-0.15, -0.1) is 0 Å². The summed E-state index contributed by atoms with van der Waals surface area (Å²) in [5, 5.41) is 0. The molecule has 0 fully saturated rings. The zero-order valence-electron chi connectivity index (χ0n) is 45.9. The Hall–Kier alpha value is -1.59. The zero-order valence-corrected chi connectivity index (χ0v) is 45.9. The van der Waals surface area contributed by atoms with Crippen molar-refractivity contribution in [2.75, 3.05) is 13.2 Å². The van der Waals surface area contributed by atoms with E-state index in [0.717, 1.165) is 63.7 Å². The summed E-state index contributed by atoms with van der Waals surface area (Å²) >= 11 is 0. The molecule has 0 N–H and O–H groups in total. The van der Waals surface area contributed by atoms with E-state index in [0.29, 0.717) is 19.3 Å². The van der Waals surface area contributed by atoms with Crippen LogP contribution in [0.25, 0.3) is 0 Å². The van der Waals surface area contributed by atoms with Crippen molar-refractivity contribution in [3.8, 4) is 0 Å². The van der Waals surface area contributed by atoms with Crippen molar-refractivity contribution in [3.63, 3.8) is 0 Å². The topological polar surface area (TPSA) is 78.9 Å². The number of hydrogen-bond acceptors (Lipinski definition) is 6. The van der Waals surface area contributed by atoms with Crippen LogP contribution in [0.15, 0.2) is 0 Å². The van der Waals surface area contributed by atoms with Crippen molar-refractivity contribution in [1.82, 2.24) is 0 Å². The average Bonchev–Trinajstić information content (AvgIpc) is 3.33. The van der Waals surface area contributed by atoms with Crippen LogP contribution >= 0.6 is 0 Å². The summed E-state index contributed by atoms with van der Waals surface area (Å²) in [6.07, 6.45) is 61.0. The predicted octanol–water partition coefficient (Wildman–Crippen LogP) is 20.2. The summed E-state index contributed by atoms with van der Waals surface area (Å²) < 4.78 is 16.9. The van der Waals surface area contributed by atoms with E-state index in [2.05, 4.69) is 27.7 Å². The highest BCUT2D eigenvalue weighted by Crippen LogP contribution is 2.19. The molecule has 0 aromatic carbocycles. The van der Waals surface area contributed by atoms with Crippen molar-refractivity contribution >= 4 is 17.9 Å². The van der Waals surface area contributed by atoms with E-state index in [1.54, 1.807) is 0 Å². The third-order valence-electron chi connectivity index (χ3n) is 14.4. The molecule has 0 rings (SSSR count). The molecule has 0 aliphatic heterocycles. The van der Waals surface area contributed by atoms with E-state index in [1.807, 2.05) is 0 Å². The smallest absolute Gasteiger partial charge is 0.306 e. The molecule has 67 heavy (non-hydrogen) atoms. The first kappa shape index (κ1) is 65.4. The number of rotatable bonds is 56. The molecule has 6 heteroatoms. The van der Waals surface area contributed by atoms with Gasteiger partial charge in [-0.25, -0.2) is 0 Å². The van der Waals surface area contributed by atoms with Gasteiger partial charge in [-0.05, 0) is 25.2 Å². The maximum Gasteiger partial charge on any atom is 0.306 e. The van der Waals surface area contributed by atoms with Crippen LogP contribution in [-0.2, 0) is 28.6 Å². The lowest BCUT2D eigenvalue weighted by molar-refractivity contribution is -0.167. The van der Waals surface area contributed by atoms with E-state index in [9.17, 15) is 14.4 Å². The van der Waals surface area contributed by atoms with Crippen LogP contribution in [0.1, 0.15) is 349 Å². The van der Waals surface area contributed by atoms with E-state index in [1.165, 1.54) is 244 Å². The summed E-state index contributed by atoms with van der Waals surface area (Å²) in [6, 6.07) is 0. The van der Waals surface area contributed by atoms with Gasteiger partial charge in [0.1, 0.15) is 13.2 Å². The number of ether oxygens (including phenoxy) is 3. The minimum Gasteiger partial charge on any atom is -0.462 e. The average molecular weight is 948 g/mol. The Morgan fingerprint density at radius 2 is 0.522 bits per heavy atom. The first-order chi connectivity index (χ1) is 32.9. The van der Waals surface area contributed by atoms with Crippen LogP contribution in [0.3, 0.4) is 0 Å². The SMILES string of the molecule is CCCCCCCCCCCCCCCCCCCC(=O)O[C@H](COC(=O)CCCCCCCCCCCC)COC(=O)CCCCCCCCCCCCCCCCCCCCC(C)CC. The van der Waals surface area contributed by atoms with Crippen LogP contribution in [0, 0.1) is 5.92 Å². The first-order valence-corrected chi connectivity index (χ1v) is 30.4. The number of carbonyl (C=O) groups excluding carboxylic acids is 3. The van der Waals surface area contributed by atoms with Gasteiger partial charge in [0.25, 0.3) is 0 Å². The largest absolute Gasteiger partial charge is 0.462 e. The molecule has 0 saturated heterocycles. The van der Waals surface area contributed by atoms with Crippen LogP contribution in [-0.4, -0.2) is 37.2 Å². The van der Waals surface area contributed by atoms with Crippen molar-refractivity contribution in [1.29, 1.82) is 0 Å². The fraction of sp³-hybridized carbons (Fsp3) is 0.951.